The second-order valence-electron chi connectivity index (χ2n) is 4.76. The fourth-order valence-corrected chi connectivity index (χ4v) is 2.13. The molecule has 0 aliphatic rings. The summed E-state index contributed by atoms with van der Waals surface area (Å²) in [7, 11) is 0. The molecule has 0 fully saturated rings. The lowest BCUT2D eigenvalue weighted by Crippen LogP contribution is -2.38. The number of rotatable bonds is 5. The summed E-state index contributed by atoms with van der Waals surface area (Å²) in [6, 6.07) is 16.1. The summed E-state index contributed by atoms with van der Waals surface area (Å²) in [5, 5.41) is 2.80. The van der Waals surface area contributed by atoms with E-state index in [-0.39, 0.29) is 11.3 Å². The van der Waals surface area contributed by atoms with E-state index in [1.165, 1.54) is 6.08 Å². The average molecular weight is 342 g/mol. The predicted octanol–water partition coefficient (Wildman–Crippen LogP) is 2.66. The van der Waals surface area contributed by atoms with Gasteiger partial charge >= 0.3 is 0 Å². The summed E-state index contributed by atoms with van der Waals surface area (Å²) in [5.74, 6) is 4.04. The molecular weight excluding hydrogens is 326 g/mol. The van der Waals surface area contributed by atoms with Crippen molar-refractivity contribution in [3.05, 3.63) is 88.6 Å². The van der Waals surface area contributed by atoms with Crippen LogP contribution in [0.5, 0.6) is 0 Å². The van der Waals surface area contributed by atoms with Crippen molar-refractivity contribution in [1.29, 1.82) is 0 Å². The molecule has 0 saturated carbocycles. The van der Waals surface area contributed by atoms with E-state index in [2.05, 4.69) is 5.32 Å². The molecule has 0 heterocycles. The topological polar surface area (TPSA) is 84.2 Å². The SMILES string of the molecule is NNC(=O)C(=CC=Cc1ccccc1)NC(=O)c1ccccc1Cl. The van der Waals surface area contributed by atoms with Crippen molar-refractivity contribution in [1.82, 2.24) is 10.7 Å². The van der Waals surface area contributed by atoms with E-state index < -0.39 is 11.8 Å². The molecule has 0 aliphatic heterocycles. The number of nitrogens with one attached hydrogen (secondary N) is 2. The normalized spacial score (nSPS) is 11.3. The number of hydrogen-bond donors (Lipinski definition) is 3. The first-order chi connectivity index (χ1) is 11.6. The summed E-state index contributed by atoms with van der Waals surface area (Å²) >= 11 is 5.98. The Hall–Kier alpha value is -2.89. The van der Waals surface area contributed by atoms with Crippen LogP contribution in [0.3, 0.4) is 0 Å². The van der Waals surface area contributed by atoms with Gasteiger partial charge in [0.15, 0.2) is 0 Å². The first kappa shape index (κ1) is 17.5. The van der Waals surface area contributed by atoms with Crippen molar-refractivity contribution in [2.45, 2.75) is 0 Å². The maximum absolute atomic E-state index is 12.2. The number of halogens is 1. The molecule has 4 N–H and O–H groups in total. The molecule has 0 saturated heterocycles. The van der Waals surface area contributed by atoms with Crippen molar-refractivity contribution >= 4 is 29.5 Å². The Kier molecular flexibility index (Phi) is 6.31. The number of amides is 2. The predicted molar refractivity (Wildman–Crippen MR) is 94.8 cm³/mol. The van der Waals surface area contributed by atoms with Crippen LogP contribution in [0.2, 0.25) is 5.02 Å². The lowest BCUT2D eigenvalue weighted by molar-refractivity contribution is -0.117. The van der Waals surface area contributed by atoms with E-state index in [1.807, 2.05) is 35.8 Å². The molecule has 0 radical (unpaired) electrons. The Balaban J connectivity index is 2.18. The van der Waals surface area contributed by atoms with Gasteiger partial charge in [0.05, 0.1) is 10.6 Å². The highest BCUT2D eigenvalue weighted by molar-refractivity contribution is 6.34. The molecule has 0 spiro atoms. The number of nitrogens with two attached hydrogens (primary N) is 1. The van der Waals surface area contributed by atoms with Crippen LogP contribution in [-0.4, -0.2) is 11.8 Å². The summed E-state index contributed by atoms with van der Waals surface area (Å²) in [4.78, 5) is 24.1. The first-order valence-corrected chi connectivity index (χ1v) is 7.50. The molecule has 24 heavy (non-hydrogen) atoms. The summed E-state index contributed by atoms with van der Waals surface area (Å²) < 4.78 is 0. The minimum Gasteiger partial charge on any atom is -0.317 e. The highest BCUT2D eigenvalue weighted by Crippen LogP contribution is 2.15. The van der Waals surface area contributed by atoms with Gasteiger partial charge in [0, 0.05) is 0 Å². The lowest BCUT2D eigenvalue weighted by atomic mass is 10.2. The van der Waals surface area contributed by atoms with Crippen molar-refractivity contribution < 1.29 is 9.59 Å². The van der Waals surface area contributed by atoms with Gasteiger partial charge in [0.2, 0.25) is 0 Å². The van der Waals surface area contributed by atoms with Gasteiger partial charge in [0.25, 0.3) is 11.8 Å². The van der Waals surface area contributed by atoms with E-state index in [1.54, 1.807) is 36.4 Å². The number of allylic oxidation sites excluding steroid dienone is 2. The molecule has 6 heteroatoms. The van der Waals surface area contributed by atoms with E-state index >= 15 is 0 Å². The molecule has 2 amide bonds. The van der Waals surface area contributed by atoms with Gasteiger partial charge in [-0.05, 0) is 23.8 Å². The van der Waals surface area contributed by atoms with Crippen LogP contribution < -0.4 is 16.6 Å². The first-order valence-electron chi connectivity index (χ1n) is 7.12. The fraction of sp³-hybridized carbons (Fsp3) is 0. The molecule has 0 atom stereocenters. The number of benzene rings is 2. The molecule has 2 aromatic carbocycles. The van der Waals surface area contributed by atoms with Gasteiger partial charge in [-0.1, -0.05) is 66.2 Å². The number of carbonyl (C=O) groups is 2. The number of carbonyl (C=O) groups excluding carboxylic acids is 2. The maximum Gasteiger partial charge on any atom is 0.281 e. The second kappa shape index (κ2) is 8.67. The zero-order chi connectivity index (χ0) is 17.4. The van der Waals surface area contributed by atoms with Gasteiger partial charge in [-0.2, -0.15) is 0 Å². The zero-order valence-electron chi connectivity index (χ0n) is 12.7. The van der Waals surface area contributed by atoms with Crippen LogP contribution in [0.4, 0.5) is 0 Å². The average Bonchev–Trinajstić information content (AvgIpc) is 2.61. The van der Waals surface area contributed by atoms with Crippen LogP contribution >= 0.6 is 11.6 Å². The number of hydrazine groups is 1. The van der Waals surface area contributed by atoms with Gasteiger partial charge in [-0.15, -0.1) is 0 Å². The highest BCUT2D eigenvalue weighted by Gasteiger charge is 2.14. The monoisotopic (exact) mass is 341 g/mol. The Bertz CT molecular complexity index is 786. The molecule has 0 aliphatic carbocycles. The lowest BCUT2D eigenvalue weighted by Gasteiger charge is -2.09. The molecule has 2 rings (SSSR count). The van der Waals surface area contributed by atoms with Crippen LogP contribution in [0.25, 0.3) is 6.08 Å². The van der Waals surface area contributed by atoms with E-state index in [0.717, 1.165) is 5.56 Å². The van der Waals surface area contributed by atoms with Crippen LogP contribution in [-0.2, 0) is 4.79 Å². The van der Waals surface area contributed by atoms with Crippen LogP contribution in [0.15, 0.2) is 72.4 Å². The molecule has 2 aromatic rings. The van der Waals surface area contributed by atoms with Gasteiger partial charge in [-0.3, -0.25) is 15.0 Å². The number of hydrogen-bond acceptors (Lipinski definition) is 3. The summed E-state index contributed by atoms with van der Waals surface area (Å²) in [6.45, 7) is 0. The second-order valence-corrected chi connectivity index (χ2v) is 5.16. The maximum atomic E-state index is 12.2. The van der Waals surface area contributed by atoms with Crippen molar-refractivity contribution in [3.8, 4) is 0 Å². The standard InChI is InChI=1S/C18H16ClN3O2/c19-15-11-5-4-10-14(15)17(23)21-16(18(24)22-20)12-6-9-13-7-2-1-3-8-13/h1-12H,20H2,(H,21,23)(H,22,24). The molecule has 0 aromatic heterocycles. The van der Waals surface area contributed by atoms with E-state index in [0.29, 0.717) is 5.02 Å². The molecule has 122 valence electrons. The minimum atomic E-state index is -0.617. The third-order valence-electron chi connectivity index (χ3n) is 3.09. The largest absolute Gasteiger partial charge is 0.317 e. The Morgan fingerprint density at radius 1 is 1.00 bits per heavy atom. The van der Waals surface area contributed by atoms with E-state index in [9.17, 15) is 9.59 Å². The van der Waals surface area contributed by atoms with Crippen LogP contribution in [0.1, 0.15) is 15.9 Å². The fourth-order valence-electron chi connectivity index (χ4n) is 1.91. The zero-order valence-corrected chi connectivity index (χ0v) is 13.5. The highest BCUT2D eigenvalue weighted by atomic mass is 35.5. The molecule has 5 nitrogen and oxygen atoms in total. The molecule has 0 unspecified atom stereocenters. The van der Waals surface area contributed by atoms with Gasteiger partial charge in [-0.25, -0.2) is 5.84 Å². The quantitative estimate of drug-likeness (QED) is 0.257. The Morgan fingerprint density at radius 2 is 1.67 bits per heavy atom. The van der Waals surface area contributed by atoms with Crippen LogP contribution in [0, 0.1) is 0 Å². The summed E-state index contributed by atoms with van der Waals surface area (Å²) in [6.07, 6.45) is 4.90. The van der Waals surface area contributed by atoms with E-state index in [4.69, 9.17) is 17.4 Å². The smallest absolute Gasteiger partial charge is 0.281 e. The molecule has 0 bridgehead atoms. The third kappa shape index (κ3) is 4.81. The Morgan fingerprint density at radius 3 is 2.33 bits per heavy atom. The van der Waals surface area contributed by atoms with Crippen molar-refractivity contribution in [2.75, 3.05) is 0 Å². The van der Waals surface area contributed by atoms with Gasteiger partial charge < -0.3 is 5.32 Å². The third-order valence-corrected chi connectivity index (χ3v) is 3.42. The Labute approximate surface area is 144 Å². The molecular formula is C18H16ClN3O2. The van der Waals surface area contributed by atoms with Crippen molar-refractivity contribution in [2.24, 2.45) is 5.84 Å². The summed E-state index contributed by atoms with van der Waals surface area (Å²) in [5.41, 5.74) is 3.23. The minimum absolute atomic E-state index is 0.00889. The van der Waals surface area contributed by atoms with Gasteiger partial charge in [0.1, 0.15) is 5.70 Å². The van der Waals surface area contributed by atoms with Crippen molar-refractivity contribution in [3.63, 3.8) is 0 Å².